The Balaban J connectivity index is 2.36. The van der Waals surface area contributed by atoms with E-state index in [4.69, 9.17) is 5.11 Å². The van der Waals surface area contributed by atoms with Crippen LogP contribution in [-0.4, -0.2) is 29.9 Å². The Morgan fingerprint density at radius 3 is 2.75 bits per heavy atom. The molecule has 16 heavy (non-hydrogen) atoms. The van der Waals surface area contributed by atoms with Crippen LogP contribution in [0.15, 0.2) is 47.1 Å². The molecule has 0 fully saturated rings. The molecule has 1 aliphatic rings. The smallest absolute Gasteiger partial charge is 0.352 e. The number of nitrogens with one attached hydrogen (secondary N) is 1. The Morgan fingerprint density at radius 2 is 2.06 bits per heavy atom. The van der Waals surface area contributed by atoms with E-state index >= 15 is 0 Å². The number of hydrogen-bond donors (Lipinski definition) is 2. The third kappa shape index (κ3) is 2.28. The summed E-state index contributed by atoms with van der Waals surface area (Å²) < 4.78 is 0. The second kappa shape index (κ2) is 4.61. The molecule has 1 aliphatic heterocycles. The van der Waals surface area contributed by atoms with Crippen LogP contribution in [0, 0.1) is 0 Å². The van der Waals surface area contributed by atoms with Crippen molar-refractivity contribution in [2.24, 2.45) is 4.99 Å². The Kier molecular flexibility index (Phi) is 3.00. The van der Waals surface area contributed by atoms with Gasteiger partial charge in [0.2, 0.25) is 0 Å². The Bertz CT molecular complexity index is 449. The van der Waals surface area contributed by atoms with E-state index in [1.54, 1.807) is 6.08 Å². The number of carboxylic acid groups (broad SMARTS) is 1. The summed E-state index contributed by atoms with van der Waals surface area (Å²) >= 11 is 0. The standard InChI is InChI=1S/C12H12N2O2/c15-12(16)11-8-10(13-6-7-14-11)9-4-2-1-3-5-9/h1-5,8,14H,6-7H2,(H,15,16). The van der Waals surface area contributed by atoms with Crippen LogP contribution in [-0.2, 0) is 4.79 Å². The fourth-order valence-electron chi connectivity index (χ4n) is 1.52. The molecule has 0 atom stereocenters. The van der Waals surface area contributed by atoms with E-state index in [-0.39, 0.29) is 5.70 Å². The zero-order valence-corrected chi connectivity index (χ0v) is 8.68. The number of hydrogen-bond acceptors (Lipinski definition) is 3. The number of benzene rings is 1. The van der Waals surface area contributed by atoms with Gasteiger partial charge in [-0.1, -0.05) is 30.3 Å². The molecule has 0 bridgehead atoms. The largest absolute Gasteiger partial charge is 0.477 e. The van der Waals surface area contributed by atoms with Crippen molar-refractivity contribution in [2.75, 3.05) is 13.1 Å². The Labute approximate surface area is 93.3 Å². The zero-order chi connectivity index (χ0) is 11.4. The second-order valence-corrected chi connectivity index (χ2v) is 3.42. The SMILES string of the molecule is O=C(O)C1=CC(c2ccccc2)=NCCN1. The van der Waals surface area contributed by atoms with Gasteiger partial charge in [-0.05, 0) is 11.6 Å². The summed E-state index contributed by atoms with van der Waals surface area (Å²) in [6.45, 7) is 1.13. The predicted octanol–water partition coefficient (Wildman–Crippen LogP) is 1.05. The van der Waals surface area contributed by atoms with Crippen LogP contribution in [0.4, 0.5) is 0 Å². The normalized spacial score (nSPS) is 15.5. The maximum absolute atomic E-state index is 10.9. The van der Waals surface area contributed by atoms with E-state index in [0.29, 0.717) is 18.8 Å². The Morgan fingerprint density at radius 1 is 1.31 bits per heavy atom. The number of carbonyl (C=O) groups is 1. The molecule has 1 aromatic rings. The monoisotopic (exact) mass is 216 g/mol. The molecule has 0 unspecified atom stereocenters. The molecule has 2 N–H and O–H groups in total. The molecule has 0 saturated carbocycles. The van der Waals surface area contributed by atoms with Crippen molar-refractivity contribution in [3.8, 4) is 0 Å². The van der Waals surface area contributed by atoms with E-state index in [1.807, 2.05) is 30.3 Å². The molecule has 0 aliphatic carbocycles. The van der Waals surface area contributed by atoms with Gasteiger partial charge in [0.1, 0.15) is 5.70 Å². The van der Waals surface area contributed by atoms with Gasteiger partial charge >= 0.3 is 5.97 Å². The summed E-state index contributed by atoms with van der Waals surface area (Å²) in [7, 11) is 0. The lowest BCUT2D eigenvalue weighted by Crippen LogP contribution is -2.21. The van der Waals surface area contributed by atoms with Crippen LogP contribution < -0.4 is 5.32 Å². The van der Waals surface area contributed by atoms with Crippen LogP contribution in [0.3, 0.4) is 0 Å². The van der Waals surface area contributed by atoms with Gasteiger partial charge < -0.3 is 10.4 Å². The van der Waals surface area contributed by atoms with E-state index in [2.05, 4.69) is 10.3 Å². The first-order valence-corrected chi connectivity index (χ1v) is 5.06. The maximum Gasteiger partial charge on any atom is 0.352 e. The minimum Gasteiger partial charge on any atom is -0.477 e. The summed E-state index contributed by atoms with van der Waals surface area (Å²) in [4.78, 5) is 15.2. The molecule has 1 aromatic carbocycles. The van der Waals surface area contributed by atoms with Gasteiger partial charge in [-0.25, -0.2) is 4.79 Å². The summed E-state index contributed by atoms with van der Waals surface area (Å²) in [5.41, 5.74) is 1.84. The minimum absolute atomic E-state index is 0.195. The fraction of sp³-hybridized carbons (Fsp3) is 0.167. The van der Waals surface area contributed by atoms with Gasteiger partial charge in [-0.2, -0.15) is 0 Å². The van der Waals surface area contributed by atoms with E-state index < -0.39 is 5.97 Å². The highest BCUT2D eigenvalue weighted by Crippen LogP contribution is 2.06. The highest BCUT2D eigenvalue weighted by molar-refractivity contribution is 6.11. The highest BCUT2D eigenvalue weighted by atomic mass is 16.4. The third-order valence-corrected chi connectivity index (χ3v) is 2.29. The molecule has 0 spiro atoms. The van der Waals surface area contributed by atoms with Gasteiger partial charge in [-0.3, -0.25) is 4.99 Å². The van der Waals surface area contributed by atoms with Crippen LogP contribution in [0.2, 0.25) is 0 Å². The number of allylic oxidation sites excluding steroid dienone is 1. The van der Waals surface area contributed by atoms with E-state index in [1.165, 1.54) is 0 Å². The average Bonchev–Trinajstić information content (AvgIpc) is 2.56. The lowest BCUT2D eigenvalue weighted by atomic mass is 10.1. The van der Waals surface area contributed by atoms with Gasteiger partial charge in [0.05, 0.1) is 12.3 Å². The summed E-state index contributed by atoms with van der Waals surface area (Å²) in [6, 6.07) is 9.57. The molecule has 0 aromatic heterocycles. The molecule has 0 radical (unpaired) electrons. The minimum atomic E-state index is -0.953. The molecule has 0 amide bonds. The first kappa shape index (κ1) is 10.4. The van der Waals surface area contributed by atoms with Crippen molar-refractivity contribution in [3.63, 3.8) is 0 Å². The van der Waals surface area contributed by atoms with Crippen molar-refractivity contribution in [1.82, 2.24) is 5.32 Å². The van der Waals surface area contributed by atoms with Crippen LogP contribution in [0.5, 0.6) is 0 Å². The van der Waals surface area contributed by atoms with Gasteiger partial charge in [0.25, 0.3) is 0 Å². The van der Waals surface area contributed by atoms with E-state index in [0.717, 1.165) is 5.56 Å². The van der Waals surface area contributed by atoms with Crippen molar-refractivity contribution >= 4 is 11.7 Å². The summed E-state index contributed by atoms with van der Waals surface area (Å²) in [5.74, 6) is -0.953. The van der Waals surface area contributed by atoms with Crippen molar-refractivity contribution < 1.29 is 9.90 Å². The lowest BCUT2D eigenvalue weighted by molar-refractivity contribution is -0.133. The summed E-state index contributed by atoms with van der Waals surface area (Å²) in [6.07, 6.45) is 1.57. The fourth-order valence-corrected chi connectivity index (χ4v) is 1.52. The number of aliphatic carboxylic acids is 1. The van der Waals surface area contributed by atoms with Crippen molar-refractivity contribution in [2.45, 2.75) is 0 Å². The van der Waals surface area contributed by atoms with Crippen LogP contribution in [0.25, 0.3) is 0 Å². The average molecular weight is 216 g/mol. The van der Waals surface area contributed by atoms with Crippen LogP contribution >= 0.6 is 0 Å². The molecule has 4 nitrogen and oxygen atoms in total. The third-order valence-electron chi connectivity index (χ3n) is 2.29. The Hall–Kier alpha value is -2.10. The second-order valence-electron chi connectivity index (χ2n) is 3.42. The maximum atomic E-state index is 10.9. The lowest BCUT2D eigenvalue weighted by Gasteiger charge is -2.02. The van der Waals surface area contributed by atoms with Crippen molar-refractivity contribution in [3.05, 3.63) is 47.7 Å². The van der Waals surface area contributed by atoms with Crippen molar-refractivity contribution in [1.29, 1.82) is 0 Å². The van der Waals surface area contributed by atoms with E-state index in [9.17, 15) is 4.79 Å². The predicted molar refractivity (Wildman–Crippen MR) is 61.6 cm³/mol. The van der Waals surface area contributed by atoms with Crippen LogP contribution in [0.1, 0.15) is 5.56 Å². The molecule has 0 saturated heterocycles. The van der Waals surface area contributed by atoms with Gasteiger partial charge in [0, 0.05) is 6.54 Å². The summed E-state index contributed by atoms with van der Waals surface area (Å²) in [5, 5.41) is 11.8. The molecule has 1 heterocycles. The molecule has 82 valence electrons. The molecular formula is C12H12N2O2. The first-order valence-electron chi connectivity index (χ1n) is 5.06. The van der Waals surface area contributed by atoms with Gasteiger partial charge in [-0.15, -0.1) is 0 Å². The highest BCUT2D eigenvalue weighted by Gasteiger charge is 2.11. The zero-order valence-electron chi connectivity index (χ0n) is 8.68. The number of rotatable bonds is 2. The molecule has 2 rings (SSSR count). The quantitative estimate of drug-likeness (QED) is 0.776. The molecular weight excluding hydrogens is 204 g/mol. The number of nitrogens with zero attached hydrogens (tertiary/aromatic N) is 1. The topological polar surface area (TPSA) is 61.7 Å². The number of aliphatic imine (C=N–C) groups is 1. The first-order chi connectivity index (χ1) is 7.77. The number of carboxylic acids is 1. The van der Waals surface area contributed by atoms with Gasteiger partial charge in [0.15, 0.2) is 0 Å². The molecule has 4 heteroatoms.